The molecule has 1 aromatic heterocycles. The second-order valence-electron chi connectivity index (χ2n) is 4.43. The molecule has 0 aliphatic carbocycles. The van der Waals surface area contributed by atoms with Crippen LogP contribution in [0.15, 0.2) is 35.1 Å². The average Bonchev–Trinajstić information content (AvgIpc) is 2.34. The number of hydrogen-bond acceptors (Lipinski definition) is 2. The molecule has 0 aliphatic rings. The van der Waals surface area contributed by atoms with Crippen molar-refractivity contribution in [1.29, 1.82) is 5.26 Å². The predicted molar refractivity (Wildman–Crippen MR) is 71.0 cm³/mol. The molecule has 90 valence electrons. The molecule has 1 heterocycles. The summed E-state index contributed by atoms with van der Waals surface area (Å²) < 4.78 is 1.60. The van der Waals surface area contributed by atoms with E-state index in [0.29, 0.717) is 0 Å². The van der Waals surface area contributed by atoms with Gasteiger partial charge in [-0.05, 0) is 50.1 Å². The molecule has 0 saturated carbocycles. The molecule has 0 spiro atoms. The van der Waals surface area contributed by atoms with E-state index in [1.54, 1.807) is 16.7 Å². The summed E-state index contributed by atoms with van der Waals surface area (Å²) in [5.41, 5.74) is 3.68. The summed E-state index contributed by atoms with van der Waals surface area (Å²) in [4.78, 5) is 12.2. The van der Waals surface area contributed by atoms with Crippen LogP contribution in [0.3, 0.4) is 0 Å². The number of rotatable bonds is 1. The van der Waals surface area contributed by atoms with Crippen LogP contribution in [0.1, 0.15) is 22.4 Å². The third-order valence-electron chi connectivity index (χ3n) is 3.00. The molecule has 0 unspecified atom stereocenters. The topological polar surface area (TPSA) is 45.8 Å². The van der Waals surface area contributed by atoms with Gasteiger partial charge in [0.25, 0.3) is 5.56 Å². The van der Waals surface area contributed by atoms with Gasteiger partial charge in [-0.15, -0.1) is 0 Å². The molecule has 3 heteroatoms. The first kappa shape index (κ1) is 12.1. The second-order valence-corrected chi connectivity index (χ2v) is 4.43. The SMILES string of the molecule is Cc1ccc(C)c(-n2c(C)ccc(C#N)c2=O)c1. The van der Waals surface area contributed by atoms with E-state index >= 15 is 0 Å². The molecule has 0 aliphatic heterocycles. The quantitative estimate of drug-likeness (QED) is 0.766. The number of hydrogen-bond donors (Lipinski definition) is 0. The lowest BCUT2D eigenvalue weighted by Gasteiger charge is -2.13. The maximum atomic E-state index is 12.2. The van der Waals surface area contributed by atoms with E-state index < -0.39 is 0 Å². The molecule has 0 radical (unpaired) electrons. The van der Waals surface area contributed by atoms with Crippen LogP contribution in [0.5, 0.6) is 0 Å². The second kappa shape index (κ2) is 4.50. The minimum atomic E-state index is -0.258. The molecular weight excluding hydrogens is 224 g/mol. The van der Waals surface area contributed by atoms with Gasteiger partial charge in [0.1, 0.15) is 11.6 Å². The van der Waals surface area contributed by atoms with Crippen LogP contribution in [0.25, 0.3) is 5.69 Å². The molecule has 18 heavy (non-hydrogen) atoms. The Kier molecular flexibility index (Phi) is 3.03. The molecule has 0 N–H and O–H groups in total. The zero-order valence-electron chi connectivity index (χ0n) is 10.7. The molecule has 0 atom stereocenters. The highest BCUT2D eigenvalue weighted by Gasteiger charge is 2.09. The lowest BCUT2D eigenvalue weighted by Crippen LogP contribution is -2.23. The molecule has 0 saturated heterocycles. The van der Waals surface area contributed by atoms with Gasteiger partial charge in [0, 0.05) is 5.69 Å². The van der Waals surface area contributed by atoms with Crippen LogP contribution in [0.2, 0.25) is 0 Å². The number of aromatic nitrogens is 1. The van der Waals surface area contributed by atoms with Gasteiger partial charge in [-0.2, -0.15) is 5.26 Å². The highest BCUT2D eigenvalue weighted by atomic mass is 16.1. The maximum absolute atomic E-state index is 12.2. The Bertz CT molecular complexity index is 705. The van der Waals surface area contributed by atoms with Crippen LogP contribution in [0, 0.1) is 32.1 Å². The van der Waals surface area contributed by atoms with Gasteiger partial charge >= 0.3 is 0 Å². The fourth-order valence-corrected chi connectivity index (χ4v) is 1.98. The summed E-state index contributed by atoms with van der Waals surface area (Å²) in [7, 11) is 0. The van der Waals surface area contributed by atoms with E-state index in [1.165, 1.54) is 0 Å². The summed E-state index contributed by atoms with van der Waals surface area (Å²) >= 11 is 0. The Balaban J connectivity index is 2.83. The standard InChI is InChI=1S/C15H14N2O/c1-10-4-5-11(2)14(8-10)17-12(3)6-7-13(9-16)15(17)18/h4-8H,1-3H3. The van der Waals surface area contributed by atoms with Crippen LogP contribution in [-0.2, 0) is 0 Å². The number of nitriles is 1. The Morgan fingerprint density at radius 2 is 1.83 bits per heavy atom. The van der Waals surface area contributed by atoms with Gasteiger partial charge in [0.15, 0.2) is 0 Å². The Hall–Kier alpha value is -2.34. The minimum Gasteiger partial charge on any atom is -0.280 e. The molecule has 2 aromatic rings. The minimum absolute atomic E-state index is 0.168. The summed E-state index contributed by atoms with van der Waals surface area (Å²) in [5, 5.41) is 8.94. The summed E-state index contributed by atoms with van der Waals surface area (Å²) in [5.74, 6) is 0. The predicted octanol–water partition coefficient (Wildman–Crippen LogP) is 2.63. The van der Waals surface area contributed by atoms with E-state index in [4.69, 9.17) is 5.26 Å². The molecule has 2 rings (SSSR count). The Morgan fingerprint density at radius 1 is 1.11 bits per heavy atom. The summed E-state index contributed by atoms with van der Waals surface area (Å²) in [6.07, 6.45) is 0. The van der Waals surface area contributed by atoms with Gasteiger partial charge in [0.05, 0.1) is 5.69 Å². The van der Waals surface area contributed by atoms with Crippen LogP contribution in [0.4, 0.5) is 0 Å². The highest BCUT2D eigenvalue weighted by Crippen LogP contribution is 2.16. The normalized spacial score (nSPS) is 10.1. The zero-order chi connectivity index (χ0) is 13.3. The first-order valence-electron chi connectivity index (χ1n) is 5.75. The van der Waals surface area contributed by atoms with E-state index in [2.05, 4.69) is 0 Å². The van der Waals surface area contributed by atoms with Crippen molar-refractivity contribution in [2.45, 2.75) is 20.8 Å². The van der Waals surface area contributed by atoms with Crippen molar-refractivity contribution in [3.05, 3.63) is 63.1 Å². The van der Waals surface area contributed by atoms with Crippen molar-refractivity contribution in [2.24, 2.45) is 0 Å². The van der Waals surface area contributed by atoms with Crippen molar-refractivity contribution >= 4 is 0 Å². The van der Waals surface area contributed by atoms with Gasteiger partial charge < -0.3 is 0 Å². The van der Waals surface area contributed by atoms with Crippen molar-refractivity contribution in [3.8, 4) is 11.8 Å². The van der Waals surface area contributed by atoms with Gasteiger partial charge in [-0.3, -0.25) is 9.36 Å². The van der Waals surface area contributed by atoms with E-state index in [-0.39, 0.29) is 11.1 Å². The van der Waals surface area contributed by atoms with E-state index in [0.717, 1.165) is 22.5 Å². The maximum Gasteiger partial charge on any atom is 0.273 e. The monoisotopic (exact) mass is 238 g/mol. The lowest BCUT2D eigenvalue weighted by molar-refractivity contribution is 0.917. The fourth-order valence-electron chi connectivity index (χ4n) is 1.98. The van der Waals surface area contributed by atoms with E-state index in [9.17, 15) is 4.79 Å². The fraction of sp³-hybridized carbons (Fsp3) is 0.200. The Morgan fingerprint density at radius 3 is 2.50 bits per heavy atom. The first-order chi connectivity index (χ1) is 8.54. The van der Waals surface area contributed by atoms with Crippen LogP contribution >= 0.6 is 0 Å². The average molecular weight is 238 g/mol. The molecule has 0 fully saturated rings. The smallest absolute Gasteiger partial charge is 0.273 e. The molecule has 0 amide bonds. The highest BCUT2D eigenvalue weighted by molar-refractivity contribution is 5.45. The Labute approximate surface area is 106 Å². The van der Waals surface area contributed by atoms with Crippen molar-refractivity contribution in [3.63, 3.8) is 0 Å². The third kappa shape index (κ3) is 1.93. The van der Waals surface area contributed by atoms with Gasteiger partial charge in [-0.1, -0.05) is 12.1 Å². The van der Waals surface area contributed by atoms with Crippen LogP contribution < -0.4 is 5.56 Å². The van der Waals surface area contributed by atoms with Crippen LogP contribution in [-0.4, -0.2) is 4.57 Å². The van der Waals surface area contributed by atoms with Crippen molar-refractivity contribution in [2.75, 3.05) is 0 Å². The van der Waals surface area contributed by atoms with Gasteiger partial charge in [0.2, 0.25) is 0 Å². The molecular formula is C15H14N2O. The molecule has 0 bridgehead atoms. The number of aryl methyl sites for hydroxylation is 3. The van der Waals surface area contributed by atoms with Crippen molar-refractivity contribution in [1.82, 2.24) is 4.57 Å². The van der Waals surface area contributed by atoms with Crippen molar-refractivity contribution < 1.29 is 0 Å². The number of nitrogens with zero attached hydrogens (tertiary/aromatic N) is 2. The van der Waals surface area contributed by atoms with E-state index in [1.807, 2.05) is 45.0 Å². The lowest BCUT2D eigenvalue weighted by atomic mass is 10.1. The zero-order valence-corrected chi connectivity index (χ0v) is 10.7. The molecule has 1 aromatic carbocycles. The first-order valence-corrected chi connectivity index (χ1v) is 5.75. The number of pyridine rings is 1. The van der Waals surface area contributed by atoms with Gasteiger partial charge in [-0.25, -0.2) is 0 Å². The molecule has 3 nitrogen and oxygen atoms in total. The largest absolute Gasteiger partial charge is 0.280 e. The summed E-state index contributed by atoms with van der Waals surface area (Å²) in [6.45, 7) is 5.81. The summed E-state index contributed by atoms with van der Waals surface area (Å²) in [6, 6.07) is 11.2. The number of benzene rings is 1. The third-order valence-corrected chi connectivity index (χ3v) is 3.00.